The van der Waals surface area contributed by atoms with Crippen molar-refractivity contribution in [3.63, 3.8) is 0 Å². The smallest absolute Gasteiger partial charge is 0.214 e. The van der Waals surface area contributed by atoms with Crippen molar-refractivity contribution in [2.24, 2.45) is 0 Å². The summed E-state index contributed by atoms with van der Waals surface area (Å²) in [6.07, 6.45) is 6.82. The lowest BCUT2D eigenvalue weighted by molar-refractivity contribution is 0.111. The van der Waals surface area contributed by atoms with Crippen molar-refractivity contribution in [3.05, 3.63) is 30.4 Å². The minimum Gasteiger partial charge on any atom is -0.474 e. The van der Waals surface area contributed by atoms with Gasteiger partial charge in [0.15, 0.2) is 6.29 Å². The van der Waals surface area contributed by atoms with Gasteiger partial charge in [0.25, 0.3) is 0 Å². The fourth-order valence-electron chi connectivity index (χ4n) is 1.86. The Labute approximate surface area is 111 Å². The predicted molar refractivity (Wildman–Crippen MR) is 70.2 cm³/mol. The third-order valence-corrected chi connectivity index (χ3v) is 3.10. The van der Waals surface area contributed by atoms with Crippen LogP contribution in [0.25, 0.3) is 11.3 Å². The Bertz CT molecular complexity index is 602. The summed E-state index contributed by atoms with van der Waals surface area (Å²) in [6.45, 7) is 2.89. The molecule has 0 spiro atoms. The third-order valence-electron chi connectivity index (χ3n) is 3.10. The van der Waals surface area contributed by atoms with E-state index in [0.29, 0.717) is 11.6 Å². The lowest BCUT2D eigenvalue weighted by atomic mass is 10.1. The summed E-state index contributed by atoms with van der Waals surface area (Å²) in [4.78, 5) is 19.7. The number of aldehydes is 1. The number of hydrogen-bond donors (Lipinski definition) is 0. The van der Waals surface area contributed by atoms with E-state index in [-0.39, 0.29) is 6.10 Å². The highest BCUT2D eigenvalue weighted by molar-refractivity contribution is 5.84. The number of carbonyl (C=O) groups excluding carboxylic acids is 1. The number of ether oxygens (including phenoxy) is 1. The van der Waals surface area contributed by atoms with Crippen LogP contribution in [-0.2, 0) is 6.54 Å². The molecule has 98 valence electrons. The van der Waals surface area contributed by atoms with E-state index in [1.165, 1.54) is 0 Å². The van der Waals surface area contributed by atoms with Crippen LogP contribution in [0, 0.1) is 0 Å². The number of aromatic nitrogens is 3. The molecule has 3 rings (SSSR count). The fraction of sp³-hybridized carbons (Fsp3) is 0.357. The number of nitrogens with zero attached hydrogens (tertiary/aromatic N) is 3. The first-order chi connectivity index (χ1) is 9.30. The van der Waals surface area contributed by atoms with E-state index in [1.807, 2.05) is 23.8 Å². The van der Waals surface area contributed by atoms with Crippen LogP contribution in [0.2, 0.25) is 0 Å². The van der Waals surface area contributed by atoms with Crippen LogP contribution in [0.4, 0.5) is 0 Å². The van der Waals surface area contributed by atoms with E-state index in [1.54, 1.807) is 12.4 Å². The molecule has 5 nitrogen and oxygen atoms in total. The zero-order valence-corrected chi connectivity index (χ0v) is 10.7. The molecule has 1 aliphatic rings. The highest BCUT2D eigenvalue weighted by Crippen LogP contribution is 2.28. The van der Waals surface area contributed by atoms with Crippen molar-refractivity contribution in [3.8, 4) is 17.1 Å². The first kappa shape index (κ1) is 11.9. The maximum atomic E-state index is 11.2. The number of hydrogen-bond acceptors (Lipinski definition) is 4. The first-order valence-electron chi connectivity index (χ1n) is 6.45. The molecule has 1 fully saturated rings. The quantitative estimate of drug-likeness (QED) is 0.771. The number of pyridine rings is 1. The summed E-state index contributed by atoms with van der Waals surface area (Å²) in [5.74, 6) is 0.517. The monoisotopic (exact) mass is 257 g/mol. The number of carbonyl (C=O) groups is 1. The topological polar surface area (TPSA) is 57.0 Å². The van der Waals surface area contributed by atoms with Crippen molar-refractivity contribution in [1.82, 2.24) is 14.5 Å². The second-order valence-corrected chi connectivity index (χ2v) is 4.61. The second-order valence-electron chi connectivity index (χ2n) is 4.61. The fourth-order valence-corrected chi connectivity index (χ4v) is 1.86. The lowest BCUT2D eigenvalue weighted by Gasteiger charge is -2.06. The van der Waals surface area contributed by atoms with Crippen molar-refractivity contribution >= 4 is 6.29 Å². The minimum absolute atomic E-state index is 0.275. The van der Waals surface area contributed by atoms with Gasteiger partial charge in [-0.3, -0.25) is 4.79 Å². The molecule has 19 heavy (non-hydrogen) atoms. The Morgan fingerprint density at radius 3 is 2.95 bits per heavy atom. The highest BCUT2D eigenvalue weighted by Gasteiger charge is 2.24. The molecule has 0 radical (unpaired) electrons. The van der Waals surface area contributed by atoms with Gasteiger partial charge in [0, 0.05) is 24.4 Å². The van der Waals surface area contributed by atoms with Gasteiger partial charge in [-0.05, 0) is 25.8 Å². The maximum absolute atomic E-state index is 11.2. The van der Waals surface area contributed by atoms with Crippen molar-refractivity contribution < 1.29 is 9.53 Å². The van der Waals surface area contributed by atoms with E-state index in [0.717, 1.165) is 36.9 Å². The van der Waals surface area contributed by atoms with Gasteiger partial charge in [-0.15, -0.1) is 0 Å². The van der Waals surface area contributed by atoms with Crippen LogP contribution in [0.5, 0.6) is 5.88 Å². The van der Waals surface area contributed by atoms with Gasteiger partial charge in [0.05, 0.1) is 12.0 Å². The average Bonchev–Trinajstić information content (AvgIpc) is 3.12. The standard InChI is InChI=1S/C14H15N3O2/c1-2-17-7-12(15-9-17)11-5-6-14(16-13(11)8-18)19-10-3-4-10/h5-10H,2-4H2,1H3. The molecule has 1 aliphatic carbocycles. The number of aryl methyl sites for hydroxylation is 1. The molecule has 5 heteroatoms. The predicted octanol–water partition coefficient (Wildman–Crippen LogP) is 2.32. The molecule has 1 saturated carbocycles. The minimum atomic E-state index is 0.275. The van der Waals surface area contributed by atoms with Crippen LogP contribution in [0.1, 0.15) is 30.3 Å². The Hall–Kier alpha value is -2.17. The van der Waals surface area contributed by atoms with E-state index in [4.69, 9.17) is 4.74 Å². The summed E-state index contributed by atoms with van der Waals surface area (Å²) in [6, 6.07) is 3.64. The average molecular weight is 257 g/mol. The largest absolute Gasteiger partial charge is 0.474 e. The molecule has 0 aliphatic heterocycles. The van der Waals surface area contributed by atoms with Crippen LogP contribution in [-0.4, -0.2) is 26.9 Å². The highest BCUT2D eigenvalue weighted by atomic mass is 16.5. The normalized spacial score (nSPS) is 14.4. The van der Waals surface area contributed by atoms with Crippen LogP contribution < -0.4 is 4.74 Å². The maximum Gasteiger partial charge on any atom is 0.214 e. The summed E-state index contributed by atoms with van der Waals surface area (Å²) < 4.78 is 7.55. The third kappa shape index (κ3) is 2.50. The van der Waals surface area contributed by atoms with Crippen molar-refractivity contribution in [1.29, 1.82) is 0 Å². The van der Waals surface area contributed by atoms with Gasteiger partial charge in [-0.2, -0.15) is 0 Å². The number of imidazole rings is 1. The van der Waals surface area contributed by atoms with Gasteiger partial charge in [0.1, 0.15) is 11.8 Å². The molecule has 0 amide bonds. The summed E-state index contributed by atoms with van der Waals surface area (Å²) >= 11 is 0. The zero-order valence-electron chi connectivity index (χ0n) is 10.7. The Balaban J connectivity index is 1.93. The zero-order chi connectivity index (χ0) is 13.2. The first-order valence-corrected chi connectivity index (χ1v) is 6.45. The Morgan fingerprint density at radius 1 is 1.47 bits per heavy atom. The van der Waals surface area contributed by atoms with Gasteiger partial charge >= 0.3 is 0 Å². The molecule has 0 aromatic carbocycles. The van der Waals surface area contributed by atoms with E-state index >= 15 is 0 Å². The molecular weight excluding hydrogens is 242 g/mol. The van der Waals surface area contributed by atoms with E-state index in [2.05, 4.69) is 9.97 Å². The van der Waals surface area contributed by atoms with Gasteiger partial charge in [0.2, 0.25) is 5.88 Å². The molecule has 2 aromatic rings. The van der Waals surface area contributed by atoms with Gasteiger partial charge in [-0.1, -0.05) is 0 Å². The Morgan fingerprint density at radius 2 is 2.32 bits per heavy atom. The van der Waals surface area contributed by atoms with Gasteiger partial charge in [-0.25, -0.2) is 9.97 Å². The van der Waals surface area contributed by atoms with E-state index < -0.39 is 0 Å². The van der Waals surface area contributed by atoms with Crippen molar-refractivity contribution in [2.75, 3.05) is 0 Å². The van der Waals surface area contributed by atoms with Crippen LogP contribution >= 0.6 is 0 Å². The van der Waals surface area contributed by atoms with Crippen LogP contribution in [0.15, 0.2) is 24.7 Å². The molecular formula is C14H15N3O2. The van der Waals surface area contributed by atoms with Crippen molar-refractivity contribution in [2.45, 2.75) is 32.4 Å². The molecule has 0 bridgehead atoms. The Kier molecular flexibility index (Phi) is 3.03. The molecule has 0 atom stereocenters. The summed E-state index contributed by atoms with van der Waals surface area (Å²) in [5.41, 5.74) is 1.87. The molecule has 2 aromatic heterocycles. The molecule has 0 unspecified atom stereocenters. The lowest BCUT2D eigenvalue weighted by Crippen LogP contribution is -2.01. The SMILES string of the molecule is CCn1cnc(-c2ccc(OC3CC3)nc2C=O)c1. The molecule has 0 N–H and O–H groups in total. The number of rotatable bonds is 5. The van der Waals surface area contributed by atoms with Crippen LogP contribution in [0.3, 0.4) is 0 Å². The molecule has 2 heterocycles. The summed E-state index contributed by atoms with van der Waals surface area (Å²) in [7, 11) is 0. The molecule has 0 saturated heterocycles. The summed E-state index contributed by atoms with van der Waals surface area (Å²) in [5, 5.41) is 0. The van der Waals surface area contributed by atoms with Gasteiger partial charge < -0.3 is 9.30 Å². The van der Waals surface area contributed by atoms with E-state index in [9.17, 15) is 4.79 Å². The second kappa shape index (κ2) is 4.84.